The fraction of sp³-hybridized carbons (Fsp3) is 0.323. The second kappa shape index (κ2) is 9.51. The number of nitrogens with one attached hydrogen (secondary N) is 2. The van der Waals surface area contributed by atoms with Gasteiger partial charge in [-0.1, -0.05) is 13.8 Å². The van der Waals surface area contributed by atoms with Gasteiger partial charge in [0.15, 0.2) is 0 Å². The van der Waals surface area contributed by atoms with E-state index in [4.69, 9.17) is 9.97 Å². The molecule has 6 nitrogen and oxygen atoms in total. The summed E-state index contributed by atoms with van der Waals surface area (Å²) in [6.45, 7) is 12.8. The number of carboxylic acid groups (broad SMARTS) is 1. The first-order chi connectivity index (χ1) is 17.7. The predicted octanol–water partition coefficient (Wildman–Crippen LogP) is 7.63. The zero-order valence-electron chi connectivity index (χ0n) is 22.5. The Morgan fingerprint density at radius 1 is 0.757 bits per heavy atom. The number of aliphatic carboxylic acids is 1. The number of hydrogen-bond donors (Lipinski definition) is 3. The van der Waals surface area contributed by atoms with Crippen molar-refractivity contribution in [2.45, 2.75) is 67.2 Å². The lowest BCUT2D eigenvalue weighted by atomic mass is 10.0. The lowest BCUT2D eigenvalue weighted by molar-refractivity contribution is -0.136. The van der Waals surface area contributed by atoms with Crippen LogP contribution in [0, 0.1) is 13.8 Å². The molecule has 0 saturated carbocycles. The molecule has 37 heavy (non-hydrogen) atoms. The van der Waals surface area contributed by atoms with E-state index >= 15 is 0 Å². The van der Waals surface area contributed by atoms with Gasteiger partial charge in [0, 0.05) is 28.5 Å². The van der Waals surface area contributed by atoms with Gasteiger partial charge in [-0.25, -0.2) is 9.97 Å². The van der Waals surface area contributed by atoms with Crippen molar-refractivity contribution in [3.8, 4) is 0 Å². The maximum absolute atomic E-state index is 11.4. The summed E-state index contributed by atoms with van der Waals surface area (Å²) >= 11 is 0. The van der Waals surface area contributed by atoms with Crippen LogP contribution in [-0.4, -0.2) is 31.0 Å². The van der Waals surface area contributed by atoms with Gasteiger partial charge < -0.3 is 15.1 Å². The van der Waals surface area contributed by atoms with Crippen LogP contribution in [-0.2, 0) is 11.2 Å². The first-order valence-electron chi connectivity index (χ1n) is 13.0. The molecule has 0 fully saturated rings. The Kier molecular flexibility index (Phi) is 6.36. The molecule has 0 unspecified atom stereocenters. The molecule has 0 atom stereocenters. The smallest absolute Gasteiger partial charge is 0.303 e. The van der Waals surface area contributed by atoms with Gasteiger partial charge in [-0.05, 0) is 116 Å². The van der Waals surface area contributed by atoms with Crippen LogP contribution >= 0.6 is 0 Å². The highest BCUT2D eigenvalue weighted by Gasteiger charge is 2.21. The number of hydrogen-bond acceptors (Lipinski definition) is 3. The van der Waals surface area contributed by atoms with Crippen LogP contribution in [0.1, 0.15) is 86.4 Å². The summed E-state index contributed by atoms with van der Waals surface area (Å²) in [7, 11) is 0. The van der Waals surface area contributed by atoms with E-state index in [1.807, 2.05) is 13.0 Å². The maximum Gasteiger partial charge on any atom is 0.303 e. The number of nitrogens with zero attached hydrogens (tertiary/aromatic N) is 2. The second-order valence-electron chi connectivity index (χ2n) is 10.0. The number of aryl methyl sites for hydroxylation is 3. The normalized spacial score (nSPS) is 13.6. The first kappa shape index (κ1) is 24.8. The number of aromatic amines is 2. The van der Waals surface area contributed by atoms with E-state index in [1.165, 1.54) is 16.7 Å². The highest BCUT2D eigenvalue weighted by atomic mass is 16.4. The summed E-state index contributed by atoms with van der Waals surface area (Å²) in [5.74, 6) is -0.809. The van der Waals surface area contributed by atoms with Crippen molar-refractivity contribution in [1.82, 2.24) is 19.9 Å². The maximum atomic E-state index is 11.4. The molecule has 0 spiro atoms. The fourth-order valence-corrected chi connectivity index (χ4v) is 5.56. The van der Waals surface area contributed by atoms with Gasteiger partial charge in [-0.2, -0.15) is 0 Å². The highest BCUT2D eigenvalue weighted by molar-refractivity contribution is 5.95. The van der Waals surface area contributed by atoms with Gasteiger partial charge in [-0.15, -0.1) is 0 Å². The van der Waals surface area contributed by atoms with Crippen molar-refractivity contribution in [2.75, 3.05) is 0 Å². The van der Waals surface area contributed by atoms with Gasteiger partial charge in [-0.3, -0.25) is 4.79 Å². The van der Waals surface area contributed by atoms with Gasteiger partial charge >= 0.3 is 5.97 Å². The van der Waals surface area contributed by atoms with E-state index in [2.05, 4.69) is 68.9 Å². The van der Waals surface area contributed by atoms with Crippen molar-refractivity contribution < 1.29 is 9.90 Å². The topological polar surface area (TPSA) is 94.7 Å². The lowest BCUT2D eigenvalue weighted by Gasteiger charge is -2.02. The minimum Gasteiger partial charge on any atom is -0.481 e. The van der Waals surface area contributed by atoms with Crippen LogP contribution < -0.4 is 0 Å². The highest BCUT2D eigenvalue weighted by Crippen LogP contribution is 2.36. The third-order valence-electron chi connectivity index (χ3n) is 7.73. The van der Waals surface area contributed by atoms with E-state index in [-0.39, 0.29) is 6.42 Å². The molecule has 5 heterocycles. The van der Waals surface area contributed by atoms with Gasteiger partial charge in [0.2, 0.25) is 0 Å². The molecule has 3 aromatic rings. The van der Waals surface area contributed by atoms with Crippen LogP contribution in [0.3, 0.4) is 0 Å². The largest absolute Gasteiger partial charge is 0.481 e. The Hall–Kier alpha value is -3.93. The van der Waals surface area contributed by atoms with Gasteiger partial charge in [0.05, 0.1) is 22.8 Å². The lowest BCUT2D eigenvalue weighted by Crippen LogP contribution is -1.95. The average Bonchev–Trinajstić information content (AvgIpc) is 3.52. The van der Waals surface area contributed by atoms with Crippen molar-refractivity contribution >= 4 is 50.3 Å². The Balaban J connectivity index is 1.90. The molecule has 0 aliphatic carbocycles. The van der Waals surface area contributed by atoms with Crippen LogP contribution in [0.5, 0.6) is 0 Å². The Labute approximate surface area is 217 Å². The van der Waals surface area contributed by atoms with Crippen LogP contribution in [0.15, 0.2) is 30.3 Å². The molecule has 190 valence electrons. The Morgan fingerprint density at radius 2 is 1.43 bits per heavy atom. The molecule has 0 saturated heterocycles. The molecule has 3 aromatic heterocycles. The van der Waals surface area contributed by atoms with Crippen LogP contribution in [0.25, 0.3) is 44.4 Å². The van der Waals surface area contributed by atoms with E-state index < -0.39 is 5.97 Å². The molecule has 2 aliphatic rings. The Bertz CT molecular complexity index is 1660. The number of carboxylic acids is 1. The number of allylic oxidation sites excluding steroid dienone is 4. The minimum absolute atomic E-state index is 0.0659. The monoisotopic (exact) mass is 494 g/mol. The number of H-pyrrole nitrogens is 2. The summed E-state index contributed by atoms with van der Waals surface area (Å²) in [5, 5.41) is 9.35. The van der Waals surface area contributed by atoms with E-state index in [0.717, 1.165) is 80.0 Å². The fourth-order valence-electron chi connectivity index (χ4n) is 5.56. The van der Waals surface area contributed by atoms with Crippen molar-refractivity contribution in [3.05, 3.63) is 69.8 Å². The second-order valence-corrected chi connectivity index (χ2v) is 10.0. The quantitative estimate of drug-likeness (QED) is 0.340. The molecule has 0 radical (unpaired) electrons. The summed E-state index contributed by atoms with van der Waals surface area (Å²) in [4.78, 5) is 28.6. The van der Waals surface area contributed by atoms with Crippen molar-refractivity contribution in [3.63, 3.8) is 0 Å². The molecule has 8 bridgehead atoms. The zero-order valence-corrected chi connectivity index (χ0v) is 22.5. The molecular formula is C31H34N4O2. The summed E-state index contributed by atoms with van der Waals surface area (Å²) in [6.07, 6.45) is 2.32. The number of aromatic nitrogens is 4. The number of rotatable bonds is 5. The van der Waals surface area contributed by atoms with Crippen LogP contribution in [0.4, 0.5) is 0 Å². The van der Waals surface area contributed by atoms with E-state index in [1.54, 1.807) is 0 Å². The SMILES string of the molecule is CCC1=C(C)c2cc3nc(cc4cc(C)c(cc5[nH]c(cc1n2)c(C)c5CC)[nH]4)C(CCC(=O)O)=C3C. The molecule has 5 rings (SSSR count). The molecule has 2 aliphatic heterocycles. The summed E-state index contributed by atoms with van der Waals surface area (Å²) < 4.78 is 0. The molecule has 6 heteroatoms. The molecule has 0 aromatic carbocycles. The summed E-state index contributed by atoms with van der Waals surface area (Å²) in [5.41, 5.74) is 15.8. The first-order valence-corrected chi connectivity index (χ1v) is 13.0. The molecule has 0 amide bonds. The zero-order chi connectivity index (χ0) is 26.4. The molecular weight excluding hydrogens is 460 g/mol. The summed E-state index contributed by atoms with van der Waals surface area (Å²) in [6, 6.07) is 10.6. The predicted molar refractivity (Wildman–Crippen MR) is 152 cm³/mol. The average molecular weight is 495 g/mol. The number of fused-ring (bicyclic) bond motifs is 8. The van der Waals surface area contributed by atoms with Crippen molar-refractivity contribution in [1.29, 1.82) is 0 Å². The Morgan fingerprint density at radius 3 is 2.08 bits per heavy atom. The van der Waals surface area contributed by atoms with E-state index in [0.29, 0.717) is 6.42 Å². The van der Waals surface area contributed by atoms with Crippen molar-refractivity contribution in [2.24, 2.45) is 0 Å². The van der Waals surface area contributed by atoms with Gasteiger partial charge in [0.25, 0.3) is 0 Å². The third kappa shape index (κ3) is 4.41. The van der Waals surface area contributed by atoms with E-state index in [9.17, 15) is 9.90 Å². The standard InChI is InChI=1S/C31H34N4O2/c1-7-21-18(5)27-15-30-22(8-2)17(4)25(34-30)14-26-19(6)23(9-10-31(36)37)28(33-26)12-20-11-16(3)24(32-20)13-29(21)35-27/h11-15,32,35H,7-10H2,1-6H3,(H,36,37). The number of carbonyl (C=O) groups is 1. The third-order valence-corrected chi connectivity index (χ3v) is 7.73. The van der Waals surface area contributed by atoms with Crippen LogP contribution in [0.2, 0.25) is 0 Å². The minimum atomic E-state index is -0.809. The van der Waals surface area contributed by atoms with Gasteiger partial charge in [0.1, 0.15) is 0 Å². The molecule has 3 N–H and O–H groups in total.